The predicted octanol–water partition coefficient (Wildman–Crippen LogP) is 6.41. The van der Waals surface area contributed by atoms with Gasteiger partial charge in [-0.15, -0.1) is 11.3 Å². The molecule has 0 unspecified atom stereocenters. The van der Waals surface area contributed by atoms with E-state index in [1.165, 1.54) is 22.3 Å². The highest BCUT2D eigenvalue weighted by molar-refractivity contribution is 7.92. The van der Waals surface area contributed by atoms with Crippen LogP contribution in [-0.2, 0) is 9.84 Å². The third-order valence-corrected chi connectivity index (χ3v) is 10.6. The minimum absolute atomic E-state index is 0.339. The summed E-state index contributed by atoms with van der Waals surface area (Å²) in [5, 5.41) is 2.78. The molecule has 6 heteroatoms. The lowest BCUT2D eigenvalue weighted by Gasteiger charge is -2.32. The summed E-state index contributed by atoms with van der Waals surface area (Å²) >= 11 is 1.65. The van der Waals surface area contributed by atoms with Gasteiger partial charge in [-0.05, 0) is 94.7 Å². The lowest BCUT2D eigenvalue weighted by Crippen LogP contribution is -2.39. The number of hydrogen-bond acceptors (Lipinski definition) is 5. The van der Waals surface area contributed by atoms with Gasteiger partial charge >= 0.3 is 0 Å². The van der Waals surface area contributed by atoms with E-state index in [2.05, 4.69) is 49.3 Å². The summed E-state index contributed by atoms with van der Waals surface area (Å²) in [4.78, 5) is 7.75. The highest BCUT2D eigenvalue weighted by Crippen LogP contribution is 2.36. The number of nitrogens with zero attached hydrogens (tertiary/aromatic N) is 2. The summed E-state index contributed by atoms with van der Waals surface area (Å²) in [5.74, 6) is 0. The molecule has 1 saturated heterocycles. The number of hydrogen-bond donors (Lipinski definition) is 0. The molecule has 0 bridgehead atoms. The molecule has 0 aliphatic carbocycles. The van der Waals surface area contributed by atoms with Gasteiger partial charge in [0.25, 0.3) is 0 Å². The SMILES string of the molecule is Cc1cc(C)c(-c2csc(N3CCC(S(=O)(=O)c4c(C)c(C)cc(C)c4C)CC3)n2)c(C)c1. The Morgan fingerprint density at radius 2 is 1.39 bits per heavy atom. The molecule has 1 aliphatic rings. The van der Waals surface area contributed by atoms with Crippen molar-refractivity contribution in [1.29, 1.82) is 0 Å². The topological polar surface area (TPSA) is 50.3 Å². The first kappa shape index (κ1) is 24.0. The third-order valence-electron chi connectivity index (χ3n) is 7.16. The van der Waals surface area contributed by atoms with Crippen LogP contribution in [-0.4, -0.2) is 31.7 Å². The molecule has 3 aromatic rings. The highest BCUT2D eigenvalue weighted by atomic mass is 32.2. The van der Waals surface area contributed by atoms with E-state index >= 15 is 0 Å². The fourth-order valence-corrected chi connectivity index (χ4v) is 8.45. The van der Waals surface area contributed by atoms with Gasteiger partial charge in [0.15, 0.2) is 15.0 Å². The maximum absolute atomic E-state index is 13.6. The molecule has 176 valence electrons. The molecule has 1 aromatic heterocycles. The van der Waals surface area contributed by atoms with Crippen molar-refractivity contribution >= 4 is 26.3 Å². The zero-order chi connectivity index (χ0) is 24.1. The van der Waals surface area contributed by atoms with E-state index in [1.807, 2.05) is 27.7 Å². The number of aryl methyl sites for hydroxylation is 5. The van der Waals surface area contributed by atoms with Crippen LogP contribution in [0.5, 0.6) is 0 Å². The molecule has 0 amide bonds. The number of aromatic nitrogens is 1. The number of piperidine rings is 1. The van der Waals surface area contributed by atoms with Gasteiger partial charge in [-0.1, -0.05) is 23.8 Å². The normalized spacial score (nSPS) is 15.3. The largest absolute Gasteiger partial charge is 0.348 e. The molecule has 2 aromatic carbocycles. The second-order valence-electron chi connectivity index (χ2n) is 9.61. The van der Waals surface area contributed by atoms with Crippen molar-refractivity contribution in [3.05, 3.63) is 62.5 Å². The summed E-state index contributed by atoms with van der Waals surface area (Å²) in [6, 6.07) is 6.49. The maximum atomic E-state index is 13.6. The van der Waals surface area contributed by atoms with Crippen LogP contribution in [0.15, 0.2) is 28.5 Å². The average molecular weight is 483 g/mol. The van der Waals surface area contributed by atoms with E-state index in [1.54, 1.807) is 11.3 Å². The predicted molar refractivity (Wildman–Crippen MR) is 140 cm³/mol. The van der Waals surface area contributed by atoms with Gasteiger partial charge in [-0.2, -0.15) is 0 Å². The minimum Gasteiger partial charge on any atom is -0.348 e. The molecule has 2 heterocycles. The lowest BCUT2D eigenvalue weighted by atomic mass is 9.98. The summed E-state index contributed by atoms with van der Waals surface area (Å²) in [5.41, 5.74) is 9.87. The molecule has 0 spiro atoms. The van der Waals surface area contributed by atoms with Gasteiger partial charge in [0.2, 0.25) is 0 Å². The Labute approximate surface area is 202 Å². The Morgan fingerprint density at radius 3 is 1.94 bits per heavy atom. The van der Waals surface area contributed by atoms with Crippen molar-refractivity contribution in [3.8, 4) is 11.3 Å². The standard InChI is InChI=1S/C27H34N2O2S2/c1-16-12-19(4)25(20(5)13-16)24-15-32-27(28-24)29-10-8-23(9-11-29)33(30,31)26-21(6)17(2)14-18(3)22(26)7/h12-15,23H,8-11H2,1-7H3. The number of benzene rings is 2. The van der Waals surface area contributed by atoms with Crippen LogP contribution < -0.4 is 4.90 Å². The number of anilines is 1. The quantitative estimate of drug-likeness (QED) is 0.431. The van der Waals surface area contributed by atoms with Crippen LogP contribution in [0.2, 0.25) is 0 Å². The van der Waals surface area contributed by atoms with E-state index in [9.17, 15) is 8.42 Å². The molecule has 0 atom stereocenters. The third kappa shape index (κ3) is 4.35. The highest BCUT2D eigenvalue weighted by Gasteiger charge is 2.34. The van der Waals surface area contributed by atoms with Gasteiger partial charge in [0.1, 0.15) is 0 Å². The van der Waals surface area contributed by atoms with Crippen molar-refractivity contribution in [2.75, 3.05) is 18.0 Å². The number of thiazole rings is 1. The molecule has 33 heavy (non-hydrogen) atoms. The second kappa shape index (κ2) is 8.88. The summed E-state index contributed by atoms with van der Waals surface area (Å²) < 4.78 is 27.3. The molecule has 1 fully saturated rings. The average Bonchev–Trinajstić information content (AvgIpc) is 3.21. The van der Waals surface area contributed by atoms with Crippen LogP contribution in [0.25, 0.3) is 11.3 Å². The lowest BCUT2D eigenvalue weighted by molar-refractivity contribution is 0.528. The Morgan fingerprint density at radius 1 is 0.848 bits per heavy atom. The Balaban J connectivity index is 1.54. The van der Waals surface area contributed by atoms with Gasteiger partial charge in [0.05, 0.1) is 15.8 Å². The first-order chi connectivity index (χ1) is 15.5. The molecular formula is C27H34N2O2S2. The monoisotopic (exact) mass is 482 g/mol. The van der Waals surface area contributed by atoms with Crippen LogP contribution in [0.3, 0.4) is 0 Å². The summed E-state index contributed by atoms with van der Waals surface area (Å²) in [6.07, 6.45) is 1.26. The Hall–Kier alpha value is -2.18. The summed E-state index contributed by atoms with van der Waals surface area (Å²) in [6.45, 7) is 15.7. The van der Waals surface area contributed by atoms with E-state index in [0.717, 1.165) is 33.1 Å². The minimum atomic E-state index is -3.37. The Kier molecular flexibility index (Phi) is 6.45. The van der Waals surface area contributed by atoms with Crippen molar-refractivity contribution in [2.45, 2.75) is 71.5 Å². The van der Waals surface area contributed by atoms with Gasteiger partial charge in [-0.3, -0.25) is 0 Å². The van der Waals surface area contributed by atoms with Crippen LogP contribution >= 0.6 is 11.3 Å². The fraction of sp³-hybridized carbons (Fsp3) is 0.444. The molecule has 0 saturated carbocycles. The molecule has 1 aliphatic heterocycles. The fourth-order valence-electron chi connectivity index (χ4n) is 5.24. The van der Waals surface area contributed by atoms with Crippen LogP contribution in [0, 0.1) is 48.5 Å². The van der Waals surface area contributed by atoms with Crippen LogP contribution in [0.4, 0.5) is 5.13 Å². The van der Waals surface area contributed by atoms with Crippen molar-refractivity contribution in [3.63, 3.8) is 0 Å². The zero-order valence-corrected chi connectivity index (χ0v) is 22.4. The Bertz CT molecular complexity index is 1260. The molecule has 0 radical (unpaired) electrons. The first-order valence-electron chi connectivity index (χ1n) is 11.6. The summed E-state index contributed by atoms with van der Waals surface area (Å²) in [7, 11) is -3.37. The van der Waals surface area contributed by atoms with E-state index in [0.29, 0.717) is 30.8 Å². The van der Waals surface area contributed by atoms with Crippen molar-refractivity contribution in [1.82, 2.24) is 4.98 Å². The number of sulfone groups is 1. The molecule has 4 nitrogen and oxygen atoms in total. The maximum Gasteiger partial charge on any atom is 0.185 e. The first-order valence-corrected chi connectivity index (χ1v) is 14.0. The molecule has 0 N–H and O–H groups in total. The smallest absolute Gasteiger partial charge is 0.185 e. The van der Waals surface area contributed by atoms with Gasteiger partial charge in [0, 0.05) is 24.0 Å². The van der Waals surface area contributed by atoms with Crippen molar-refractivity contribution < 1.29 is 8.42 Å². The number of rotatable bonds is 4. The van der Waals surface area contributed by atoms with E-state index in [-0.39, 0.29) is 5.25 Å². The van der Waals surface area contributed by atoms with Crippen LogP contribution in [0.1, 0.15) is 51.8 Å². The van der Waals surface area contributed by atoms with Gasteiger partial charge < -0.3 is 4.90 Å². The zero-order valence-electron chi connectivity index (χ0n) is 20.7. The van der Waals surface area contributed by atoms with Gasteiger partial charge in [-0.25, -0.2) is 13.4 Å². The van der Waals surface area contributed by atoms with Crippen molar-refractivity contribution in [2.24, 2.45) is 0 Å². The van der Waals surface area contributed by atoms with E-state index in [4.69, 9.17) is 4.98 Å². The molecular weight excluding hydrogens is 448 g/mol. The second-order valence-corrected chi connectivity index (χ2v) is 12.6. The molecule has 4 rings (SSSR count). The van der Waals surface area contributed by atoms with E-state index < -0.39 is 9.84 Å².